The second-order valence-electron chi connectivity index (χ2n) is 3.38. The summed E-state index contributed by atoms with van der Waals surface area (Å²) in [6.07, 6.45) is -3.82. The molecule has 0 fully saturated rings. The summed E-state index contributed by atoms with van der Waals surface area (Å²) in [5.41, 5.74) is -0.0887. The van der Waals surface area contributed by atoms with Crippen LogP contribution in [0.3, 0.4) is 0 Å². The maximum absolute atomic E-state index is 13.0. The van der Waals surface area contributed by atoms with Crippen LogP contribution in [0.4, 0.5) is 22.0 Å². The van der Waals surface area contributed by atoms with Crippen LogP contribution in [-0.4, -0.2) is 28.9 Å². The van der Waals surface area contributed by atoms with Crippen LogP contribution in [0.1, 0.15) is 11.5 Å². The molecule has 9 heteroatoms. The first-order chi connectivity index (χ1) is 8.24. The van der Waals surface area contributed by atoms with Gasteiger partial charge in [-0.2, -0.15) is 8.78 Å². The molecule has 1 rings (SSSR count). The van der Waals surface area contributed by atoms with E-state index in [0.29, 0.717) is 0 Å². The van der Waals surface area contributed by atoms with Crippen LogP contribution >= 0.6 is 11.6 Å². The molecule has 0 unspecified atom stereocenters. The highest BCUT2D eigenvalue weighted by Crippen LogP contribution is 2.23. The van der Waals surface area contributed by atoms with Crippen molar-refractivity contribution in [2.45, 2.75) is 25.9 Å². The molecule has 102 valence electrons. The Kier molecular flexibility index (Phi) is 4.80. The standard InChI is InChI=1S/C9H8ClF5N2O/c1-4-6(11)7(10)17-5(16-4)2-18-3-9(14,15)8(12)13/h8H,2-3H2,1H3. The van der Waals surface area contributed by atoms with Crippen molar-refractivity contribution in [3.8, 4) is 0 Å². The minimum absolute atomic E-state index is 0.0887. The molecule has 0 amide bonds. The Labute approximate surface area is 104 Å². The summed E-state index contributed by atoms with van der Waals surface area (Å²) in [7, 11) is 0. The zero-order chi connectivity index (χ0) is 13.9. The van der Waals surface area contributed by atoms with Crippen LogP contribution in [-0.2, 0) is 11.3 Å². The summed E-state index contributed by atoms with van der Waals surface area (Å²) in [5, 5.41) is -0.485. The zero-order valence-corrected chi connectivity index (χ0v) is 9.82. The first-order valence-corrected chi connectivity index (χ1v) is 5.04. The quantitative estimate of drug-likeness (QED) is 0.618. The van der Waals surface area contributed by atoms with Crippen molar-refractivity contribution in [3.05, 3.63) is 22.5 Å². The Morgan fingerprint density at radius 1 is 1.33 bits per heavy atom. The Morgan fingerprint density at radius 2 is 1.94 bits per heavy atom. The molecule has 0 aliphatic heterocycles. The van der Waals surface area contributed by atoms with Gasteiger partial charge in [0.2, 0.25) is 0 Å². The highest BCUT2D eigenvalue weighted by molar-refractivity contribution is 6.29. The van der Waals surface area contributed by atoms with Crippen LogP contribution in [0.25, 0.3) is 0 Å². The average molecular weight is 291 g/mol. The van der Waals surface area contributed by atoms with E-state index >= 15 is 0 Å². The van der Waals surface area contributed by atoms with Crippen LogP contribution in [0.5, 0.6) is 0 Å². The van der Waals surface area contributed by atoms with Gasteiger partial charge in [0, 0.05) is 0 Å². The van der Waals surface area contributed by atoms with E-state index in [1.807, 2.05) is 0 Å². The lowest BCUT2D eigenvalue weighted by atomic mass is 10.4. The highest BCUT2D eigenvalue weighted by Gasteiger charge is 2.41. The van der Waals surface area contributed by atoms with Gasteiger partial charge in [-0.1, -0.05) is 11.6 Å². The Morgan fingerprint density at radius 3 is 2.44 bits per heavy atom. The molecule has 0 saturated carbocycles. The van der Waals surface area contributed by atoms with E-state index in [4.69, 9.17) is 11.6 Å². The van der Waals surface area contributed by atoms with Gasteiger partial charge in [0.25, 0.3) is 0 Å². The Balaban J connectivity index is 2.60. The SMILES string of the molecule is Cc1nc(COCC(F)(F)C(F)F)nc(Cl)c1F. The van der Waals surface area contributed by atoms with Gasteiger partial charge in [0.15, 0.2) is 16.8 Å². The summed E-state index contributed by atoms with van der Waals surface area (Å²) in [6, 6.07) is 0. The largest absolute Gasteiger partial charge is 0.367 e. The normalized spacial score (nSPS) is 12.2. The molecule has 1 aromatic rings. The molecule has 3 nitrogen and oxygen atoms in total. The maximum Gasteiger partial charge on any atom is 0.330 e. The fourth-order valence-electron chi connectivity index (χ4n) is 0.985. The molecular weight excluding hydrogens is 283 g/mol. The molecular formula is C9H8ClF5N2O. The minimum atomic E-state index is -4.25. The number of aryl methyl sites for hydroxylation is 1. The number of rotatable bonds is 5. The van der Waals surface area contributed by atoms with Crippen LogP contribution in [0, 0.1) is 12.7 Å². The molecule has 0 N–H and O–H groups in total. The third-order valence-electron chi connectivity index (χ3n) is 1.87. The molecule has 0 aromatic carbocycles. The third kappa shape index (κ3) is 3.74. The molecule has 0 radical (unpaired) electrons. The van der Waals surface area contributed by atoms with Crippen molar-refractivity contribution in [3.63, 3.8) is 0 Å². The summed E-state index contributed by atoms with van der Waals surface area (Å²) in [4.78, 5) is 6.99. The molecule has 0 aliphatic carbocycles. The topological polar surface area (TPSA) is 35.0 Å². The fraction of sp³-hybridized carbons (Fsp3) is 0.556. The van der Waals surface area contributed by atoms with Crippen molar-refractivity contribution in [2.24, 2.45) is 0 Å². The lowest BCUT2D eigenvalue weighted by Gasteiger charge is -2.14. The number of hydrogen-bond donors (Lipinski definition) is 0. The molecule has 0 bridgehead atoms. The predicted molar refractivity (Wildman–Crippen MR) is 52.3 cm³/mol. The van der Waals surface area contributed by atoms with Crippen molar-refractivity contribution < 1.29 is 26.7 Å². The van der Waals surface area contributed by atoms with Crippen molar-refractivity contribution in [1.29, 1.82) is 0 Å². The first-order valence-electron chi connectivity index (χ1n) is 4.66. The Hall–Kier alpha value is -1.02. The molecule has 0 spiro atoms. The smallest absolute Gasteiger partial charge is 0.330 e. The van der Waals surface area contributed by atoms with E-state index in [9.17, 15) is 22.0 Å². The van der Waals surface area contributed by atoms with Gasteiger partial charge in [-0.3, -0.25) is 0 Å². The van der Waals surface area contributed by atoms with Crippen molar-refractivity contribution in [2.75, 3.05) is 6.61 Å². The second kappa shape index (κ2) is 5.75. The summed E-state index contributed by atoms with van der Waals surface area (Å²) in [5.74, 6) is -5.25. The van der Waals surface area contributed by atoms with Crippen LogP contribution in [0.2, 0.25) is 5.15 Å². The number of aromatic nitrogens is 2. The molecule has 0 aliphatic rings. The van der Waals surface area contributed by atoms with E-state index in [0.717, 1.165) is 0 Å². The number of nitrogens with zero attached hydrogens (tertiary/aromatic N) is 2. The van der Waals surface area contributed by atoms with Gasteiger partial charge in [-0.25, -0.2) is 23.1 Å². The van der Waals surface area contributed by atoms with Gasteiger partial charge < -0.3 is 4.74 Å². The van der Waals surface area contributed by atoms with E-state index < -0.39 is 36.5 Å². The zero-order valence-electron chi connectivity index (χ0n) is 9.06. The van der Waals surface area contributed by atoms with Gasteiger partial charge >= 0.3 is 12.3 Å². The lowest BCUT2D eigenvalue weighted by molar-refractivity contribution is -0.168. The lowest BCUT2D eigenvalue weighted by Crippen LogP contribution is -2.32. The molecule has 1 aromatic heterocycles. The molecule has 18 heavy (non-hydrogen) atoms. The van der Waals surface area contributed by atoms with Crippen molar-refractivity contribution >= 4 is 11.6 Å². The van der Waals surface area contributed by atoms with Gasteiger partial charge in [-0.05, 0) is 6.92 Å². The van der Waals surface area contributed by atoms with Gasteiger partial charge in [0.1, 0.15) is 13.2 Å². The second-order valence-corrected chi connectivity index (χ2v) is 3.74. The molecule has 0 atom stereocenters. The fourth-order valence-corrected chi connectivity index (χ4v) is 1.22. The summed E-state index contributed by atoms with van der Waals surface area (Å²) >= 11 is 5.39. The highest BCUT2D eigenvalue weighted by atomic mass is 35.5. The van der Waals surface area contributed by atoms with Crippen LogP contribution < -0.4 is 0 Å². The third-order valence-corrected chi connectivity index (χ3v) is 2.12. The number of ether oxygens (including phenoxy) is 1. The van der Waals surface area contributed by atoms with Crippen molar-refractivity contribution in [1.82, 2.24) is 9.97 Å². The number of halogens is 6. The van der Waals surface area contributed by atoms with E-state index in [1.54, 1.807) is 0 Å². The number of alkyl halides is 4. The van der Waals surface area contributed by atoms with E-state index in [2.05, 4.69) is 14.7 Å². The first kappa shape index (κ1) is 15.0. The molecule has 0 saturated heterocycles. The Bertz CT molecular complexity index is 406. The maximum atomic E-state index is 13.0. The average Bonchev–Trinajstić information content (AvgIpc) is 2.25. The summed E-state index contributed by atoms with van der Waals surface area (Å²) in [6.45, 7) is -0.759. The van der Waals surface area contributed by atoms with Gasteiger partial charge in [-0.15, -0.1) is 0 Å². The van der Waals surface area contributed by atoms with E-state index in [-0.39, 0.29) is 11.5 Å². The minimum Gasteiger partial charge on any atom is -0.367 e. The number of hydrogen-bond acceptors (Lipinski definition) is 3. The van der Waals surface area contributed by atoms with E-state index in [1.165, 1.54) is 6.92 Å². The summed E-state index contributed by atoms with van der Waals surface area (Å²) < 4.78 is 65.9. The predicted octanol–water partition coefficient (Wildman–Crippen LogP) is 2.99. The molecule has 1 heterocycles. The van der Waals surface area contributed by atoms with Crippen LogP contribution in [0.15, 0.2) is 0 Å². The monoisotopic (exact) mass is 290 g/mol. The van der Waals surface area contributed by atoms with Gasteiger partial charge in [0.05, 0.1) is 5.69 Å².